The molecular formula is C8H5BrN2O. The number of halogens is 1. The van der Waals surface area contributed by atoms with Gasteiger partial charge < -0.3 is 4.79 Å². The van der Waals surface area contributed by atoms with Crippen LogP contribution >= 0.6 is 15.9 Å². The Labute approximate surface area is 77.7 Å². The minimum absolute atomic E-state index is 0.233. The maximum Gasteiger partial charge on any atom is 0.156 e. The molecule has 3 nitrogen and oxygen atoms in total. The van der Waals surface area contributed by atoms with Crippen LogP contribution in [0.1, 0.15) is 11.5 Å². The third-order valence-electron chi connectivity index (χ3n) is 1.75. The largest absolute Gasteiger partial charge is 0.302 e. The van der Waals surface area contributed by atoms with Crippen molar-refractivity contribution in [3.63, 3.8) is 0 Å². The molecule has 0 N–H and O–H groups in total. The number of aliphatic imine (C=N–C) groups is 1. The first-order valence-corrected chi connectivity index (χ1v) is 4.26. The highest BCUT2D eigenvalue weighted by molar-refractivity contribution is 9.10. The van der Waals surface area contributed by atoms with Crippen molar-refractivity contribution in [3.8, 4) is 0 Å². The van der Waals surface area contributed by atoms with E-state index in [1.165, 1.54) is 0 Å². The Bertz CT molecular complexity index is 362. The van der Waals surface area contributed by atoms with Gasteiger partial charge in [-0.2, -0.15) is 0 Å². The van der Waals surface area contributed by atoms with Crippen LogP contribution in [0.5, 0.6) is 0 Å². The van der Waals surface area contributed by atoms with E-state index in [1.807, 2.05) is 6.07 Å². The Morgan fingerprint density at radius 1 is 1.58 bits per heavy atom. The molecule has 0 aromatic carbocycles. The van der Waals surface area contributed by atoms with Crippen LogP contribution in [-0.2, 0) is 4.79 Å². The summed E-state index contributed by atoms with van der Waals surface area (Å²) in [7, 11) is 0. The standard InChI is InChI=1S/C8H5BrN2O/c9-6-1-2-10-8-7(6)5(4-12)3-11-8/h1-5H/t5-/m0/s1. The van der Waals surface area contributed by atoms with E-state index in [2.05, 4.69) is 25.9 Å². The van der Waals surface area contributed by atoms with Crippen molar-refractivity contribution in [1.82, 2.24) is 4.98 Å². The Morgan fingerprint density at radius 2 is 2.42 bits per heavy atom. The zero-order valence-electron chi connectivity index (χ0n) is 6.07. The van der Waals surface area contributed by atoms with Crippen LogP contribution in [0.25, 0.3) is 0 Å². The van der Waals surface area contributed by atoms with Gasteiger partial charge in [0.05, 0.1) is 5.92 Å². The van der Waals surface area contributed by atoms with E-state index < -0.39 is 0 Å². The highest BCUT2D eigenvalue weighted by Gasteiger charge is 2.21. The average Bonchev–Trinajstić information content (AvgIpc) is 2.49. The lowest BCUT2D eigenvalue weighted by atomic mass is 10.1. The zero-order valence-corrected chi connectivity index (χ0v) is 7.65. The first-order chi connectivity index (χ1) is 5.83. The lowest BCUT2D eigenvalue weighted by molar-refractivity contribution is -0.107. The average molecular weight is 225 g/mol. The first kappa shape index (κ1) is 7.61. The number of hydrogen-bond donors (Lipinski definition) is 0. The minimum Gasteiger partial charge on any atom is -0.302 e. The van der Waals surface area contributed by atoms with Crippen molar-refractivity contribution in [3.05, 3.63) is 22.3 Å². The van der Waals surface area contributed by atoms with Gasteiger partial charge in [0.15, 0.2) is 5.82 Å². The predicted molar refractivity (Wildman–Crippen MR) is 48.9 cm³/mol. The molecule has 60 valence electrons. The lowest BCUT2D eigenvalue weighted by Crippen LogP contribution is -1.97. The highest BCUT2D eigenvalue weighted by atomic mass is 79.9. The summed E-state index contributed by atoms with van der Waals surface area (Å²) in [6.45, 7) is 0. The normalized spacial score (nSPS) is 19.2. The summed E-state index contributed by atoms with van der Waals surface area (Å²) in [5.41, 5.74) is 0.868. The van der Waals surface area contributed by atoms with E-state index in [0.29, 0.717) is 5.82 Å². The van der Waals surface area contributed by atoms with Gasteiger partial charge in [0.1, 0.15) is 6.29 Å². The number of aromatic nitrogens is 1. The molecule has 12 heavy (non-hydrogen) atoms. The third-order valence-corrected chi connectivity index (χ3v) is 2.44. The number of hydrogen-bond acceptors (Lipinski definition) is 3. The fourth-order valence-electron chi connectivity index (χ4n) is 1.18. The van der Waals surface area contributed by atoms with E-state index in [0.717, 1.165) is 16.3 Å². The van der Waals surface area contributed by atoms with Crippen molar-refractivity contribution in [2.24, 2.45) is 4.99 Å². The first-order valence-electron chi connectivity index (χ1n) is 3.47. The number of rotatable bonds is 1. The van der Waals surface area contributed by atoms with Crippen molar-refractivity contribution >= 4 is 34.2 Å². The Morgan fingerprint density at radius 3 is 3.17 bits per heavy atom. The fourth-order valence-corrected chi connectivity index (χ4v) is 1.74. The summed E-state index contributed by atoms with van der Waals surface area (Å²) >= 11 is 3.35. The molecule has 1 aromatic heterocycles. The van der Waals surface area contributed by atoms with E-state index in [1.54, 1.807) is 12.4 Å². The van der Waals surface area contributed by atoms with Crippen LogP contribution in [0.15, 0.2) is 21.7 Å². The number of nitrogens with zero attached hydrogens (tertiary/aromatic N) is 2. The van der Waals surface area contributed by atoms with Crippen LogP contribution in [0, 0.1) is 0 Å². The molecule has 1 atom stereocenters. The minimum atomic E-state index is -0.233. The van der Waals surface area contributed by atoms with Gasteiger partial charge in [-0.15, -0.1) is 0 Å². The van der Waals surface area contributed by atoms with Gasteiger partial charge >= 0.3 is 0 Å². The molecule has 2 heterocycles. The molecule has 1 aliphatic heterocycles. The molecular weight excluding hydrogens is 220 g/mol. The van der Waals surface area contributed by atoms with Gasteiger partial charge in [-0.3, -0.25) is 0 Å². The molecule has 2 rings (SSSR count). The number of fused-ring (bicyclic) bond motifs is 1. The molecule has 0 spiro atoms. The Balaban J connectivity index is 2.61. The molecule has 0 saturated heterocycles. The number of carbonyl (C=O) groups is 1. The van der Waals surface area contributed by atoms with Crippen molar-refractivity contribution in [1.29, 1.82) is 0 Å². The van der Waals surface area contributed by atoms with Gasteiger partial charge in [0.25, 0.3) is 0 Å². The molecule has 0 unspecified atom stereocenters. The summed E-state index contributed by atoms with van der Waals surface area (Å²) in [6.07, 6.45) is 4.13. The summed E-state index contributed by atoms with van der Waals surface area (Å²) < 4.78 is 0.891. The van der Waals surface area contributed by atoms with Gasteiger partial charge in [-0.1, -0.05) is 15.9 Å². The Hall–Kier alpha value is -1.03. The Kier molecular flexibility index (Phi) is 1.77. The van der Waals surface area contributed by atoms with Crippen LogP contribution in [0.3, 0.4) is 0 Å². The zero-order chi connectivity index (χ0) is 8.55. The van der Waals surface area contributed by atoms with Crippen molar-refractivity contribution < 1.29 is 4.79 Å². The molecule has 0 radical (unpaired) electrons. The monoisotopic (exact) mass is 224 g/mol. The van der Waals surface area contributed by atoms with E-state index in [-0.39, 0.29) is 5.92 Å². The van der Waals surface area contributed by atoms with Gasteiger partial charge in [0, 0.05) is 22.4 Å². The van der Waals surface area contributed by atoms with Gasteiger partial charge in [-0.25, -0.2) is 9.98 Å². The lowest BCUT2D eigenvalue weighted by Gasteiger charge is -2.02. The van der Waals surface area contributed by atoms with E-state index >= 15 is 0 Å². The third kappa shape index (κ3) is 0.992. The molecule has 1 aliphatic rings. The summed E-state index contributed by atoms with van der Waals surface area (Å²) in [4.78, 5) is 18.6. The topological polar surface area (TPSA) is 42.3 Å². The second-order valence-electron chi connectivity index (χ2n) is 2.47. The maximum absolute atomic E-state index is 10.6. The van der Waals surface area contributed by atoms with Crippen LogP contribution in [-0.4, -0.2) is 17.5 Å². The predicted octanol–water partition coefficient (Wildman–Crippen LogP) is 1.84. The molecule has 0 fully saturated rings. The maximum atomic E-state index is 10.6. The molecule has 1 aromatic rings. The van der Waals surface area contributed by atoms with Crippen molar-refractivity contribution in [2.45, 2.75) is 5.92 Å². The SMILES string of the molecule is O=C[C@@H]1C=Nc2nccc(Br)c21. The van der Waals surface area contributed by atoms with E-state index in [4.69, 9.17) is 0 Å². The second-order valence-corrected chi connectivity index (χ2v) is 3.32. The summed E-state index contributed by atoms with van der Waals surface area (Å²) in [5.74, 6) is 0.407. The summed E-state index contributed by atoms with van der Waals surface area (Å²) in [6, 6.07) is 1.81. The molecule has 4 heteroatoms. The molecule has 0 bridgehead atoms. The number of carbonyl (C=O) groups excluding carboxylic acids is 1. The van der Waals surface area contributed by atoms with Gasteiger partial charge in [0.2, 0.25) is 0 Å². The van der Waals surface area contributed by atoms with E-state index in [9.17, 15) is 4.79 Å². The second kappa shape index (κ2) is 2.79. The smallest absolute Gasteiger partial charge is 0.156 e. The van der Waals surface area contributed by atoms with Gasteiger partial charge in [-0.05, 0) is 6.07 Å². The van der Waals surface area contributed by atoms with Crippen molar-refractivity contribution in [2.75, 3.05) is 0 Å². The highest BCUT2D eigenvalue weighted by Crippen LogP contribution is 2.34. The number of aldehydes is 1. The fraction of sp³-hybridized carbons (Fsp3) is 0.125. The van der Waals surface area contributed by atoms with Crippen LogP contribution < -0.4 is 0 Å². The van der Waals surface area contributed by atoms with Crippen LogP contribution in [0.4, 0.5) is 5.82 Å². The summed E-state index contributed by atoms with van der Waals surface area (Å²) in [5, 5.41) is 0. The molecule has 0 amide bonds. The molecule has 0 saturated carbocycles. The quantitative estimate of drug-likeness (QED) is 0.684. The number of pyridine rings is 1. The van der Waals surface area contributed by atoms with Crippen LogP contribution in [0.2, 0.25) is 0 Å². The molecule has 0 aliphatic carbocycles.